The monoisotopic (exact) mass is 194 g/mol. The maximum absolute atomic E-state index is 11.5. The number of methoxy groups -OCH3 is 1. The van der Waals surface area contributed by atoms with E-state index in [4.69, 9.17) is 4.74 Å². The highest BCUT2D eigenvalue weighted by molar-refractivity contribution is 6.01. The Balaban J connectivity index is 3.20. The minimum atomic E-state index is -0.995. The Morgan fingerprint density at radius 3 is 2.64 bits per heavy atom. The van der Waals surface area contributed by atoms with Crippen LogP contribution in [0.3, 0.4) is 0 Å². The number of hydrogen-bond donors (Lipinski definition) is 1. The molecule has 0 amide bonds. The van der Waals surface area contributed by atoms with Crippen molar-refractivity contribution in [1.82, 2.24) is 0 Å². The van der Waals surface area contributed by atoms with Crippen molar-refractivity contribution in [3.63, 3.8) is 0 Å². The number of carbonyl (C=O) groups is 1. The lowest BCUT2D eigenvalue weighted by Gasteiger charge is -2.11. The minimum absolute atomic E-state index is 0.314. The zero-order valence-electron chi connectivity index (χ0n) is 8.57. The normalized spacial score (nSPS) is 12.3. The molecular weight excluding hydrogens is 180 g/mol. The lowest BCUT2D eigenvalue weighted by atomic mass is 10.0. The number of para-hydroxylation sites is 1. The standard InChI is InChI=1S/C11H14O3/c1-7-5-4-6-9(11(7)14-3)10(13)8(2)12/h4-6,8,12H,1-3H3. The first-order chi connectivity index (χ1) is 6.57. The van der Waals surface area contributed by atoms with E-state index in [-0.39, 0.29) is 5.78 Å². The van der Waals surface area contributed by atoms with E-state index in [1.54, 1.807) is 12.1 Å². The van der Waals surface area contributed by atoms with E-state index in [2.05, 4.69) is 0 Å². The molecule has 0 fully saturated rings. The van der Waals surface area contributed by atoms with E-state index in [9.17, 15) is 9.90 Å². The zero-order valence-corrected chi connectivity index (χ0v) is 8.57. The van der Waals surface area contributed by atoms with Crippen LogP contribution < -0.4 is 4.74 Å². The summed E-state index contributed by atoms with van der Waals surface area (Å²) in [6.45, 7) is 3.31. The molecule has 0 heterocycles. The summed E-state index contributed by atoms with van der Waals surface area (Å²) in [6.07, 6.45) is -0.995. The maximum atomic E-state index is 11.5. The first-order valence-corrected chi connectivity index (χ1v) is 4.43. The molecule has 0 aromatic heterocycles. The van der Waals surface area contributed by atoms with Crippen LogP contribution in [0.5, 0.6) is 5.75 Å². The molecule has 0 saturated carbocycles. The Kier molecular flexibility index (Phi) is 3.25. The topological polar surface area (TPSA) is 46.5 Å². The quantitative estimate of drug-likeness (QED) is 0.743. The first-order valence-electron chi connectivity index (χ1n) is 4.43. The van der Waals surface area contributed by atoms with Gasteiger partial charge in [0.15, 0.2) is 5.78 Å². The predicted molar refractivity (Wildman–Crippen MR) is 53.7 cm³/mol. The Labute approximate surface area is 83.3 Å². The number of carbonyl (C=O) groups excluding carboxylic acids is 1. The van der Waals surface area contributed by atoms with Crippen molar-refractivity contribution in [3.05, 3.63) is 29.3 Å². The summed E-state index contributed by atoms with van der Waals surface area (Å²) in [4.78, 5) is 11.5. The molecule has 3 heteroatoms. The minimum Gasteiger partial charge on any atom is -0.496 e. The van der Waals surface area contributed by atoms with Gasteiger partial charge in [-0.1, -0.05) is 12.1 Å². The Hall–Kier alpha value is -1.35. The van der Waals surface area contributed by atoms with Crippen molar-refractivity contribution in [2.24, 2.45) is 0 Å². The molecule has 1 aromatic rings. The first kappa shape index (κ1) is 10.7. The van der Waals surface area contributed by atoms with Gasteiger partial charge >= 0.3 is 0 Å². The third kappa shape index (κ3) is 1.93. The van der Waals surface area contributed by atoms with Gasteiger partial charge in [0.25, 0.3) is 0 Å². The van der Waals surface area contributed by atoms with Gasteiger partial charge in [-0.3, -0.25) is 4.79 Å². The highest BCUT2D eigenvalue weighted by Gasteiger charge is 2.17. The predicted octanol–water partition coefficient (Wildman–Crippen LogP) is 1.57. The number of aryl methyl sites for hydroxylation is 1. The van der Waals surface area contributed by atoms with Crippen LogP contribution in [0.25, 0.3) is 0 Å². The van der Waals surface area contributed by atoms with E-state index in [1.807, 2.05) is 13.0 Å². The summed E-state index contributed by atoms with van der Waals surface area (Å²) in [7, 11) is 1.52. The molecule has 0 aliphatic carbocycles. The highest BCUT2D eigenvalue weighted by Crippen LogP contribution is 2.23. The molecule has 1 rings (SSSR count). The summed E-state index contributed by atoms with van der Waals surface area (Å²) >= 11 is 0. The fourth-order valence-corrected chi connectivity index (χ4v) is 1.34. The fourth-order valence-electron chi connectivity index (χ4n) is 1.34. The summed E-state index contributed by atoms with van der Waals surface area (Å²) in [5, 5.41) is 9.18. The molecule has 0 aliphatic heterocycles. The van der Waals surface area contributed by atoms with Gasteiger partial charge < -0.3 is 9.84 Å². The van der Waals surface area contributed by atoms with Crippen molar-refractivity contribution < 1.29 is 14.6 Å². The number of Topliss-reactive ketones (excluding diaryl/α,β-unsaturated/α-hetero) is 1. The average molecular weight is 194 g/mol. The number of rotatable bonds is 3. The second-order valence-electron chi connectivity index (χ2n) is 3.20. The second kappa shape index (κ2) is 4.24. The molecule has 1 N–H and O–H groups in total. The molecule has 0 spiro atoms. The number of aliphatic hydroxyl groups excluding tert-OH is 1. The average Bonchev–Trinajstić information content (AvgIpc) is 2.16. The van der Waals surface area contributed by atoms with Crippen molar-refractivity contribution in [2.75, 3.05) is 7.11 Å². The van der Waals surface area contributed by atoms with Crippen LogP contribution in [0.4, 0.5) is 0 Å². The number of benzene rings is 1. The van der Waals surface area contributed by atoms with Gasteiger partial charge in [0, 0.05) is 0 Å². The van der Waals surface area contributed by atoms with Gasteiger partial charge in [-0.05, 0) is 25.5 Å². The lowest BCUT2D eigenvalue weighted by molar-refractivity contribution is 0.0776. The summed E-state index contributed by atoms with van der Waals surface area (Å²) < 4.78 is 5.12. The van der Waals surface area contributed by atoms with Crippen molar-refractivity contribution in [2.45, 2.75) is 20.0 Å². The van der Waals surface area contributed by atoms with Crippen LogP contribution in [-0.4, -0.2) is 24.1 Å². The summed E-state index contributed by atoms with van der Waals surface area (Å²) in [6, 6.07) is 5.28. The van der Waals surface area contributed by atoms with E-state index < -0.39 is 6.10 Å². The van der Waals surface area contributed by atoms with Crippen molar-refractivity contribution >= 4 is 5.78 Å². The van der Waals surface area contributed by atoms with Crippen LogP contribution in [0, 0.1) is 6.92 Å². The number of ketones is 1. The van der Waals surface area contributed by atoms with E-state index in [0.717, 1.165) is 5.56 Å². The van der Waals surface area contributed by atoms with Gasteiger partial charge in [0.2, 0.25) is 0 Å². The molecule has 3 nitrogen and oxygen atoms in total. The Morgan fingerprint density at radius 1 is 1.50 bits per heavy atom. The molecule has 0 aliphatic rings. The highest BCUT2D eigenvalue weighted by atomic mass is 16.5. The molecule has 1 aromatic carbocycles. The third-order valence-corrected chi connectivity index (χ3v) is 2.06. The third-order valence-electron chi connectivity index (χ3n) is 2.06. The smallest absolute Gasteiger partial charge is 0.194 e. The Morgan fingerprint density at radius 2 is 2.14 bits per heavy atom. The molecule has 0 saturated heterocycles. The summed E-state index contributed by atoms with van der Waals surface area (Å²) in [5.41, 5.74) is 1.32. The molecule has 0 bridgehead atoms. The van der Waals surface area contributed by atoms with Gasteiger partial charge in [0.05, 0.1) is 12.7 Å². The van der Waals surface area contributed by atoms with Crippen molar-refractivity contribution in [1.29, 1.82) is 0 Å². The number of ether oxygens (including phenoxy) is 1. The molecule has 76 valence electrons. The van der Waals surface area contributed by atoms with Crippen LogP contribution in [0.1, 0.15) is 22.8 Å². The molecule has 1 atom stereocenters. The van der Waals surface area contributed by atoms with E-state index in [0.29, 0.717) is 11.3 Å². The van der Waals surface area contributed by atoms with Crippen LogP contribution in [0.2, 0.25) is 0 Å². The van der Waals surface area contributed by atoms with E-state index in [1.165, 1.54) is 14.0 Å². The van der Waals surface area contributed by atoms with Gasteiger partial charge in [-0.2, -0.15) is 0 Å². The number of aliphatic hydroxyl groups is 1. The van der Waals surface area contributed by atoms with Crippen molar-refractivity contribution in [3.8, 4) is 5.75 Å². The van der Waals surface area contributed by atoms with Gasteiger partial charge in [-0.15, -0.1) is 0 Å². The molecule has 1 unspecified atom stereocenters. The molecule has 0 radical (unpaired) electrons. The van der Waals surface area contributed by atoms with E-state index >= 15 is 0 Å². The van der Waals surface area contributed by atoms with Crippen LogP contribution in [0.15, 0.2) is 18.2 Å². The summed E-state index contributed by atoms with van der Waals surface area (Å²) in [5.74, 6) is 0.226. The van der Waals surface area contributed by atoms with Crippen LogP contribution >= 0.6 is 0 Å². The zero-order chi connectivity index (χ0) is 10.7. The number of hydrogen-bond acceptors (Lipinski definition) is 3. The van der Waals surface area contributed by atoms with Gasteiger partial charge in [-0.25, -0.2) is 0 Å². The maximum Gasteiger partial charge on any atom is 0.194 e. The van der Waals surface area contributed by atoms with Crippen LogP contribution in [-0.2, 0) is 0 Å². The lowest BCUT2D eigenvalue weighted by Crippen LogP contribution is -2.17. The fraction of sp³-hybridized carbons (Fsp3) is 0.364. The second-order valence-corrected chi connectivity index (χ2v) is 3.20. The largest absolute Gasteiger partial charge is 0.496 e. The molecular formula is C11H14O3. The SMILES string of the molecule is COc1c(C)cccc1C(=O)C(C)O. The van der Waals surface area contributed by atoms with Gasteiger partial charge in [0.1, 0.15) is 11.9 Å². The molecule has 14 heavy (non-hydrogen) atoms. The Bertz CT molecular complexity index is 342.